The minimum Gasteiger partial charge on any atom is -0.300 e. The Hall–Kier alpha value is -0.370. The van der Waals surface area contributed by atoms with Crippen LogP contribution in [0, 0.1) is 0 Å². The highest BCUT2D eigenvalue weighted by molar-refractivity contribution is 5.79. The maximum absolute atomic E-state index is 11.3. The Morgan fingerprint density at radius 1 is 0.750 bits per heavy atom. The molecule has 3 aliphatic carbocycles. The molecule has 0 unspecified atom stereocenters. The lowest BCUT2D eigenvalue weighted by atomic mass is 9.80. The van der Waals surface area contributed by atoms with Crippen molar-refractivity contribution in [2.75, 3.05) is 0 Å². The lowest BCUT2D eigenvalue weighted by Gasteiger charge is -2.51. The van der Waals surface area contributed by atoms with Crippen molar-refractivity contribution < 1.29 is 4.79 Å². The van der Waals surface area contributed by atoms with Gasteiger partial charge in [-0.05, 0) is 38.5 Å². The Morgan fingerprint density at radius 3 is 1.56 bits per heavy atom. The molecule has 3 aliphatic rings. The molecule has 0 atom stereocenters. The third kappa shape index (κ3) is 1.92. The molecular formula is C14H23NO. The van der Waals surface area contributed by atoms with Crippen LogP contribution in [0.25, 0.3) is 0 Å². The average Bonchev–Trinajstić information content (AvgIpc) is 2.12. The first-order valence-corrected chi connectivity index (χ1v) is 7.14. The van der Waals surface area contributed by atoms with Gasteiger partial charge in [0.1, 0.15) is 5.78 Å². The quantitative estimate of drug-likeness (QED) is 0.730. The Morgan fingerprint density at radius 2 is 1.19 bits per heavy atom. The zero-order valence-corrected chi connectivity index (χ0v) is 10.2. The predicted molar refractivity (Wildman–Crippen MR) is 64.4 cm³/mol. The van der Waals surface area contributed by atoms with E-state index in [4.69, 9.17) is 0 Å². The first kappa shape index (κ1) is 10.8. The number of Topliss-reactive ketones (excluding diaryl/α,β-unsaturated/α-hetero) is 1. The van der Waals surface area contributed by atoms with Crippen LogP contribution in [0.15, 0.2) is 0 Å². The molecular weight excluding hydrogens is 198 g/mol. The third-order valence-electron chi connectivity index (χ3n) is 4.93. The second kappa shape index (κ2) is 4.48. The molecule has 0 bridgehead atoms. The lowest BCUT2D eigenvalue weighted by Crippen LogP contribution is -2.55. The fourth-order valence-corrected chi connectivity index (χ4v) is 3.49. The van der Waals surface area contributed by atoms with E-state index in [9.17, 15) is 4.79 Å². The van der Waals surface area contributed by atoms with E-state index in [0.29, 0.717) is 5.78 Å². The predicted octanol–water partition coefficient (Wildman–Crippen LogP) is 2.91. The summed E-state index contributed by atoms with van der Waals surface area (Å²) in [6.07, 6.45) is 12.5. The van der Waals surface area contributed by atoms with Gasteiger partial charge in [-0.1, -0.05) is 12.8 Å². The van der Waals surface area contributed by atoms with Crippen molar-refractivity contribution in [2.45, 2.75) is 82.3 Å². The van der Waals surface area contributed by atoms with Crippen molar-refractivity contribution in [3.63, 3.8) is 0 Å². The van der Waals surface area contributed by atoms with Gasteiger partial charge in [0, 0.05) is 31.0 Å². The van der Waals surface area contributed by atoms with Crippen LogP contribution in [0.2, 0.25) is 0 Å². The summed E-state index contributed by atoms with van der Waals surface area (Å²) >= 11 is 0. The maximum Gasteiger partial charge on any atom is 0.133 e. The van der Waals surface area contributed by atoms with Gasteiger partial charge in [-0.3, -0.25) is 9.69 Å². The van der Waals surface area contributed by atoms with E-state index in [1.165, 1.54) is 38.5 Å². The van der Waals surface area contributed by atoms with E-state index in [-0.39, 0.29) is 0 Å². The summed E-state index contributed by atoms with van der Waals surface area (Å²) in [7, 11) is 0. The molecule has 0 N–H and O–H groups in total. The number of hydrogen-bond acceptors (Lipinski definition) is 2. The molecule has 0 saturated heterocycles. The van der Waals surface area contributed by atoms with Crippen LogP contribution in [0.1, 0.15) is 64.2 Å². The molecule has 2 heteroatoms. The van der Waals surface area contributed by atoms with E-state index < -0.39 is 0 Å². The summed E-state index contributed by atoms with van der Waals surface area (Å²) in [5.41, 5.74) is 0. The molecule has 0 aliphatic heterocycles. The number of hydrogen-bond donors (Lipinski definition) is 0. The van der Waals surface area contributed by atoms with Gasteiger partial charge in [0.2, 0.25) is 0 Å². The SMILES string of the molecule is O=C1CCC(N(C2CCC2)C2CCC2)CC1. The molecule has 0 amide bonds. The molecule has 0 aromatic carbocycles. The Bertz CT molecular complexity index is 244. The zero-order valence-electron chi connectivity index (χ0n) is 10.2. The van der Waals surface area contributed by atoms with Crippen molar-refractivity contribution in [3.8, 4) is 0 Å². The Kier molecular flexibility index (Phi) is 3.01. The zero-order chi connectivity index (χ0) is 11.0. The number of carbonyl (C=O) groups is 1. The molecule has 0 radical (unpaired) electrons. The topological polar surface area (TPSA) is 20.3 Å². The summed E-state index contributed by atoms with van der Waals surface area (Å²) < 4.78 is 0. The van der Waals surface area contributed by atoms with Gasteiger partial charge < -0.3 is 0 Å². The second-order valence-electron chi connectivity index (χ2n) is 5.89. The monoisotopic (exact) mass is 221 g/mol. The van der Waals surface area contributed by atoms with Gasteiger partial charge in [0.25, 0.3) is 0 Å². The minimum absolute atomic E-state index is 0.499. The first-order chi connectivity index (χ1) is 7.84. The van der Waals surface area contributed by atoms with Crippen LogP contribution in [-0.4, -0.2) is 28.8 Å². The maximum atomic E-state index is 11.3. The molecule has 90 valence electrons. The molecule has 0 spiro atoms. The summed E-state index contributed by atoms with van der Waals surface area (Å²) in [5, 5.41) is 0. The minimum atomic E-state index is 0.499. The second-order valence-corrected chi connectivity index (χ2v) is 5.89. The number of ketones is 1. The molecule has 16 heavy (non-hydrogen) atoms. The smallest absolute Gasteiger partial charge is 0.133 e. The molecule has 0 aromatic rings. The highest BCUT2D eigenvalue weighted by Gasteiger charge is 2.38. The Balaban J connectivity index is 1.64. The van der Waals surface area contributed by atoms with Crippen molar-refractivity contribution in [2.24, 2.45) is 0 Å². The van der Waals surface area contributed by atoms with E-state index >= 15 is 0 Å². The van der Waals surface area contributed by atoms with Crippen LogP contribution >= 0.6 is 0 Å². The number of nitrogens with zero attached hydrogens (tertiary/aromatic N) is 1. The summed E-state index contributed by atoms with van der Waals surface area (Å²) in [5.74, 6) is 0.499. The van der Waals surface area contributed by atoms with Crippen LogP contribution in [-0.2, 0) is 4.79 Å². The van der Waals surface area contributed by atoms with Crippen LogP contribution in [0.3, 0.4) is 0 Å². The largest absolute Gasteiger partial charge is 0.300 e. The standard InChI is InChI=1S/C14H23NO/c16-14-9-7-13(8-10-14)15(11-3-1-4-11)12-5-2-6-12/h11-13H,1-10H2. The normalized spacial score (nSPS) is 29.2. The highest BCUT2D eigenvalue weighted by Crippen LogP contribution is 2.38. The van der Waals surface area contributed by atoms with E-state index in [0.717, 1.165) is 43.8 Å². The fraction of sp³-hybridized carbons (Fsp3) is 0.929. The molecule has 2 nitrogen and oxygen atoms in total. The lowest BCUT2D eigenvalue weighted by molar-refractivity contribution is -0.122. The average molecular weight is 221 g/mol. The van der Waals surface area contributed by atoms with E-state index in [1.54, 1.807) is 0 Å². The third-order valence-corrected chi connectivity index (χ3v) is 4.93. The molecule has 0 heterocycles. The van der Waals surface area contributed by atoms with Gasteiger partial charge in [-0.2, -0.15) is 0 Å². The van der Waals surface area contributed by atoms with Crippen molar-refractivity contribution >= 4 is 5.78 Å². The van der Waals surface area contributed by atoms with Gasteiger partial charge in [-0.15, -0.1) is 0 Å². The Labute approximate surface area is 98.4 Å². The number of rotatable bonds is 3. The van der Waals surface area contributed by atoms with Crippen LogP contribution in [0.4, 0.5) is 0 Å². The molecule has 0 aromatic heterocycles. The molecule has 3 fully saturated rings. The van der Waals surface area contributed by atoms with Crippen molar-refractivity contribution in [1.82, 2.24) is 4.90 Å². The van der Waals surface area contributed by atoms with Crippen LogP contribution in [0.5, 0.6) is 0 Å². The summed E-state index contributed by atoms with van der Waals surface area (Å²) in [6.45, 7) is 0. The summed E-state index contributed by atoms with van der Waals surface area (Å²) in [6, 6.07) is 2.50. The van der Waals surface area contributed by atoms with E-state index in [1.807, 2.05) is 0 Å². The van der Waals surface area contributed by atoms with Gasteiger partial charge in [-0.25, -0.2) is 0 Å². The van der Waals surface area contributed by atoms with Crippen molar-refractivity contribution in [3.05, 3.63) is 0 Å². The molecule has 3 rings (SSSR count). The van der Waals surface area contributed by atoms with Crippen molar-refractivity contribution in [1.29, 1.82) is 0 Å². The van der Waals surface area contributed by atoms with Gasteiger partial charge in [0.05, 0.1) is 0 Å². The summed E-state index contributed by atoms with van der Waals surface area (Å²) in [4.78, 5) is 14.2. The first-order valence-electron chi connectivity index (χ1n) is 7.14. The van der Waals surface area contributed by atoms with E-state index in [2.05, 4.69) is 4.90 Å². The molecule has 3 saturated carbocycles. The fourth-order valence-electron chi connectivity index (χ4n) is 3.49. The number of carbonyl (C=O) groups excluding carboxylic acids is 1. The van der Waals surface area contributed by atoms with Crippen LogP contribution < -0.4 is 0 Å². The van der Waals surface area contributed by atoms with Gasteiger partial charge >= 0.3 is 0 Å². The highest BCUT2D eigenvalue weighted by atomic mass is 16.1. The van der Waals surface area contributed by atoms with Gasteiger partial charge in [0.15, 0.2) is 0 Å².